The van der Waals surface area contributed by atoms with E-state index in [9.17, 15) is 4.79 Å². The van der Waals surface area contributed by atoms with Gasteiger partial charge in [0.25, 0.3) is 0 Å². The zero-order chi connectivity index (χ0) is 8.15. The van der Waals surface area contributed by atoms with Crippen molar-refractivity contribution in [3.05, 3.63) is 0 Å². The van der Waals surface area contributed by atoms with Crippen molar-refractivity contribution in [2.75, 3.05) is 6.26 Å². The molecular weight excluding hydrogens is 146 g/mol. The van der Waals surface area contributed by atoms with Crippen molar-refractivity contribution in [2.45, 2.75) is 26.3 Å². The molecule has 60 valence electrons. The van der Waals surface area contributed by atoms with Gasteiger partial charge in [-0.25, -0.2) is 0 Å². The quantitative estimate of drug-likeness (QED) is 0.677. The number of hydrogen-bond donors (Lipinski definition) is 1. The number of thioether (sulfide) groups is 1. The lowest BCUT2D eigenvalue weighted by Gasteiger charge is -2.14. The fraction of sp³-hybridized carbons (Fsp3) is 0.857. The molecule has 0 heterocycles. The van der Waals surface area contributed by atoms with Gasteiger partial charge in [-0.1, -0.05) is 32.0 Å². The van der Waals surface area contributed by atoms with Gasteiger partial charge >= 0.3 is 0 Å². The van der Waals surface area contributed by atoms with Crippen molar-refractivity contribution in [1.29, 1.82) is 0 Å². The van der Waals surface area contributed by atoms with Crippen LogP contribution in [-0.4, -0.2) is 17.4 Å². The smallest absolute Gasteiger partial charge is 0.205 e. The lowest BCUT2D eigenvalue weighted by atomic mass is 10.0. The molecule has 0 rings (SSSR count). The highest BCUT2D eigenvalue weighted by atomic mass is 32.2. The first-order valence-electron chi connectivity index (χ1n) is 3.46. The van der Waals surface area contributed by atoms with E-state index in [0.29, 0.717) is 5.92 Å². The summed E-state index contributed by atoms with van der Waals surface area (Å²) in [6.45, 7) is 4.04. The second-order valence-electron chi connectivity index (χ2n) is 2.43. The molecule has 0 fully saturated rings. The molecular formula is C7H15NOS. The fourth-order valence-corrected chi connectivity index (χ4v) is 1.13. The Morgan fingerprint density at radius 2 is 2.20 bits per heavy atom. The SMILES string of the molecule is CC[C@H](C)C(N)C(=O)SC. The molecule has 0 spiro atoms. The summed E-state index contributed by atoms with van der Waals surface area (Å²) in [5, 5.41) is 0.0920. The van der Waals surface area contributed by atoms with Crippen LogP contribution in [0.15, 0.2) is 0 Å². The van der Waals surface area contributed by atoms with Crippen molar-refractivity contribution in [1.82, 2.24) is 0 Å². The fourth-order valence-electron chi connectivity index (χ4n) is 0.622. The first-order chi connectivity index (χ1) is 4.63. The summed E-state index contributed by atoms with van der Waals surface area (Å²) >= 11 is 1.21. The predicted octanol–water partition coefficient (Wildman–Crippen LogP) is 1.25. The Morgan fingerprint density at radius 1 is 1.70 bits per heavy atom. The van der Waals surface area contributed by atoms with Gasteiger partial charge in [0.2, 0.25) is 5.12 Å². The molecule has 10 heavy (non-hydrogen) atoms. The van der Waals surface area contributed by atoms with Crippen LogP contribution in [0.3, 0.4) is 0 Å². The molecule has 0 amide bonds. The molecule has 3 heteroatoms. The third-order valence-corrected chi connectivity index (χ3v) is 2.40. The van der Waals surface area contributed by atoms with Gasteiger partial charge < -0.3 is 5.73 Å². The summed E-state index contributed by atoms with van der Waals surface area (Å²) < 4.78 is 0. The lowest BCUT2D eigenvalue weighted by Crippen LogP contribution is -2.34. The van der Waals surface area contributed by atoms with Gasteiger partial charge in [-0.05, 0) is 12.2 Å². The largest absolute Gasteiger partial charge is 0.321 e. The number of rotatable bonds is 3. The van der Waals surface area contributed by atoms with E-state index in [-0.39, 0.29) is 11.2 Å². The maximum absolute atomic E-state index is 11.0. The maximum Gasteiger partial charge on any atom is 0.205 e. The van der Waals surface area contributed by atoms with E-state index < -0.39 is 0 Å². The van der Waals surface area contributed by atoms with E-state index in [1.165, 1.54) is 11.8 Å². The lowest BCUT2D eigenvalue weighted by molar-refractivity contribution is -0.112. The standard InChI is InChI=1S/C7H15NOS/c1-4-5(2)6(8)7(9)10-3/h5-6H,4,8H2,1-3H3/t5-,6?/m0/s1. The zero-order valence-electron chi connectivity index (χ0n) is 6.76. The Hall–Kier alpha value is -0.0200. The van der Waals surface area contributed by atoms with Crippen LogP contribution >= 0.6 is 11.8 Å². The van der Waals surface area contributed by atoms with Crippen LogP contribution in [0.4, 0.5) is 0 Å². The number of carbonyl (C=O) groups excluding carboxylic acids is 1. The molecule has 2 nitrogen and oxygen atoms in total. The Morgan fingerprint density at radius 3 is 2.50 bits per heavy atom. The summed E-state index contributed by atoms with van der Waals surface area (Å²) in [7, 11) is 0. The average Bonchev–Trinajstić information content (AvgIpc) is 2.00. The maximum atomic E-state index is 11.0. The molecule has 0 aromatic rings. The highest BCUT2D eigenvalue weighted by Crippen LogP contribution is 2.10. The van der Waals surface area contributed by atoms with Gasteiger partial charge in [0, 0.05) is 0 Å². The molecule has 0 aromatic heterocycles. The van der Waals surface area contributed by atoms with Gasteiger partial charge in [-0.2, -0.15) is 0 Å². The van der Waals surface area contributed by atoms with Crippen LogP contribution in [0, 0.1) is 5.92 Å². The summed E-state index contributed by atoms with van der Waals surface area (Å²) in [5.74, 6) is 0.306. The van der Waals surface area contributed by atoms with E-state index in [4.69, 9.17) is 5.73 Å². The van der Waals surface area contributed by atoms with Crippen LogP contribution in [0.2, 0.25) is 0 Å². The normalized spacial score (nSPS) is 16.4. The van der Waals surface area contributed by atoms with E-state index >= 15 is 0 Å². The number of hydrogen-bond acceptors (Lipinski definition) is 3. The summed E-state index contributed by atoms with van der Waals surface area (Å²) in [6, 6.07) is -0.278. The van der Waals surface area contributed by atoms with Crippen LogP contribution < -0.4 is 5.73 Å². The average molecular weight is 161 g/mol. The van der Waals surface area contributed by atoms with E-state index in [0.717, 1.165) is 6.42 Å². The summed E-state index contributed by atoms with van der Waals surface area (Å²) in [4.78, 5) is 11.0. The minimum Gasteiger partial charge on any atom is -0.321 e. The first-order valence-corrected chi connectivity index (χ1v) is 4.69. The van der Waals surface area contributed by atoms with Crippen molar-refractivity contribution in [3.63, 3.8) is 0 Å². The second-order valence-corrected chi connectivity index (χ2v) is 3.25. The molecule has 2 N–H and O–H groups in total. The molecule has 0 radical (unpaired) electrons. The zero-order valence-corrected chi connectivity index (χ0v) is 7.57. The van der Waals surface area contributed by atoms with Crippen LogP contribution in [0.1, 0.15) is 20.3 Å². The van der Waals surface area contributed by atoms with Gasteiger partial charge in [0.05, 0.1) is 6.04 Å². The Labute approximate surface area is 66.6 Å². The Bertz CT molecular complexity index is 116. The molecule has 2 atom stereocenters. The van der Waals surface area contributed by atoms with E-state index in [1.54, 1.807) is 6.26 Å². The van der Waals surface area contributed by atoms with Crippen LogP contribution in [0.25, 0.3) is 0 Å². The number of nitrogens with two attached hydrogens (primary N) is 1. The Kier molecular flexibility index (Phi) is 4.73. The minimum atomic E-state index is -0.278. The van der Waals surface area contributed by atoms with Crippen molar-refractivity contribution in [3.8, 4) is 0 Å². The van der Waals surface area contributed by atoms with Gasteiger partial charge in [0.1, 0.15) is 0 Å². The molecule has 0 aliphatic heterocycles. The van der Waals surface area contributed by atoms with E-state index in [1.807, 2.05) is 13.8 Å². The van der Waals surface area contributed by atoms with E-state index in [2.05, 4.69) is 0 Å². The minimum absolute atomic E-state index is 0.0920. The van der Waals surface area contributed by atoms with Gasteiger partial charge in [0.15, 0.2) is 0 Å². The topological polar surface area (TPSA) is 43.1 Å². The third-order valence-electron chi connectivity index (χ3n) is 1.73. The number of carbonyl (C=O) groups is 1. The predicted molar refractivity (Wildman–Crippen MR) is 46.0 cm³/mol. The molecule has 0 aromatic carbocycles. The molecule has 0 saturated carbocycles. The summed E-state index contributed by atoms with van der Waals surface area (Å²) in [6.07, 6.45) is 2.73. The molecule has 0 bridgehead atoms. The second kappa shape index (κ2) is 4.74. The highest BCUT2D eigenvalue weighted by molar-refractivity contribution is 8.13. The van der Waals surface area contributed by atoms with Crippen LogP contribution in [0.5, 0.6) is 0 Å². The molecule has 0 saturated heterocycles. The highest BCUT2D eigenvalue weighted by Gasteiger charge is 2.17. The Balaban J connectivity index is 3.81. The van der Waals surface area contributed by atoms with Crippen molar-refractivity contribution < 1.29 is 4.79 Å². The molecule has 0 aliphatic carbocycles. The monoisotopic (exact) mass is 161 g/mol. The summed E-state index contributed by atoms with van der Waals surface area (Å²) in [5.41, 5.74) is 5.61. The molecule has 1 unspecified atom stereocenters. The van der Waals surface area contributed by atoms with Crippen molar-refractivity contribution in [2.24, 2.45) is 11.7 Å². The van der Waals surface area contributed by atoms with Crippen LogP contribution in [-0.2, 0) is 4.79 Å². The van der Waals surface area contributed by atoms with Gasteiger partial charge in [-0.15, -0.1) is 0 Å². The molecule has 0 aliphatic rings. The van der Waals surface area contributed by atoms with Gasteiger partial charge in [-0.3, -0.25) is 4.79 Å². The van der Waals surface area contributed by atoms with Crippen molar-refractivity contribution >= 4 is 16.9 Å². The third kappa shape index (κ3) is 2.71. The first kappa shape index (κ1) is 9.98.